The van der Waals surface area contributed by atoms with Gasteiger partial charge in [0.05, 0.1) is 6.61 Å². The van der Waals surface area contributed by atoms with Crippen LogP contribution in [0.5, 0.6) is 23.0 Å². The fourth-order valence-electron chi connectivity index (χ4n) is 5.07. The molecule has 38 heavy (non-hydrogen) atoms. The SMILES string of the molecule is COCC(C(C)C)N(C)C(C)COc1ccc(C2Oc3ccc(O)cc3C(C)=C2c2cccc(O)c2)cc1. The van der Waals surface area contributed by atoms with E-state index in [9.17, 15) is 10.2 Å². The maximum atomic E-state index is 10.2. The second-order valence-corrected chi connectivity index (χ2v) is 10.4. The number of hydrogen-bond donors (Lipinski definition) is 2. The average Bonchev–Trinajstić information content (AvgIpc) is 2.90. The predicted molar refractivity (Wildman–Crippen MR) is 152 cm³/mol. The minimum Gasteiger partial charge on any atom is -0.508 e. The van der Waals surface area contributed by atoms with Crippen LogP contribution in [-0.2, 0) is 4.74 Å². The highest BCUT2D eigenvalue weighted by Crippen LogP contribution is 2.47. The summed E-state index contributed by atoms with van der Waals surface area (Å²) < 4.78 is 18.1. The molecule has 1 heterocycles. The Morgan fingerprint density at radius 3 is 2.29 bits per heavy atom. The lowest BCUT2D eigenvalue weighted by Gasteiger charge is -2.35. The van der Waals surface area contributed by atoms with Gasteiger partial charge in [0.1, 0.15) is 35.7 Å². The zero-order valence-electron chi connectivity index (χ0n) is 23.1. The van der Waals surface area contributed by atoms with Crippen LogP contribution in [0.1, 0.15) is 50.5 Å². The van der Waals surface area contributed by atoms with E-state index in [1.807, 2.05) is 43.3 Å². The molecule has 0 saturated carbocycles. The molecule has 3 atom stereocenters. The molecule has 4 rings (SSSR count). The standard InChI is InChI=1S/C32H39NO5/c1-20(2)29(19-36-6)33(5)21(3)18-37-27-13-10-23(11-14-27)32-31(24-8-7-9-25(34)16-24)22(4)28-17-26(35)12-15-30(28)38-32/h7-17,20-21,29,32,34-35H,18-19H2,1-6H3. The molecule has 3 aromatic rings. The Morgan fingerprint density at radius 1 is 0.921 bits per heavy atom. The quantitative estimate of drug-likeness (QED) is 0.319. The number of ether oxygens (including phenoxy) is 3. The number of hydrogen-bond acceptors (Lipinski definition) is 6. The molecule has 2 N–H and O–H groups in total. The van der Waals surface area contributed by atoms with E-state index in [4.69, 9.17) is 14.2 Å². The zero-order valence-corrected chi connectivity index (χ0v) is 23.1. The first-order valence-corrected chi connectivity index (χ1v) is 13.1. The minimum absolute atomic E-state index is 0.184. The topological polar surface area (TPSA) is 71.4 Å². The van der Waals surface area contributed by atoms with Crippen molar-refractivity contribution in [1.82, 2.24) is 4.90 Å². The lowest BCUT2D eigenvalue weighted by Crippen LogP contribution is -2.46. The fraction of sp³-hybridized carbons (Fsp3) is 0.375. The summed E-state index contributed by atoms with van der Waals surface area (Å²) in [5.74, 6) is 2.35. The smallest absolute Gasteiger partial charge is 0.150 e. The molecule has 6 heteroatoms. The van der Waals surface area contributed by atoms with E-state index >= 15 is 0 Å². The predicted octanol–water partition coefficient (Wildman–Crippen LogP) is 6.53. The Hall–Kier alpha value is -3.48. The third-order valence-corrected chi connectivity index (χ3v) is 7.43. The molecule has 3 unspecified atom stereocenters. The third kappa shape index (κ3) is 5.98. The van der Waals surface area contributed by atoms with Gasteiger partial charge in [0.15, 0.2) is 0 Å². The minimum atomic E-state index is -0.381. The summed E-state index contributed by atoms with van der Waals surface area (Å²) >= 11 is 0. The number of methoxy groups -OCH3 is 1. The van der Waals surface area contributed by atoms with Gasteiger partial charge in [0.25, 0.3) is 0 Å². The van der Waals surface area contributed by atoms with Gasteiger partial charge in [-0.1, -0.05) is 38.1 Å². The molecule has 0 radical (unpaired) electrons. The van der Waals surface area contributed by atoms with Crippen LogP contribution in [-0.4, -0.2) is 54.6 Å². The second-order valence-electron chi connectivity index (χ2n) is 10.4. The number of phenolic OH excluding ortho intramolecular Hbond substituents is 2. The van der Waals surface area contributed by atoms with Crippen molar-refractivity contribution in [2.24, 2.45) is 5.92 Å². The van der Waals surface area contributed by atoms with Crippen molar-refractivity contribution in [1.29, 1.82) is 0 Å². The van der Waals surface area contributed by atoms with Crippen molar-refractivity contribution in [2.75, 3.05) is 27.4 Å². The van der Waals surface area contributed by atoms with Crippen molar-refractivity contribution in [3.8, 4) is 23.0 Å². The lowest BCUT2D eigenvalue weighted by molar-refractivity contribution is 0.0448. The van der Waals surface area contributed by atoms with Gasteiger partial charge in [0, 0.05) is 30.3 Å². The van der Waals surface area contributed by atoms with E-state index in [1.54, 1.807) is 37.4 Å². The summed E-state index contributed by atoms with van der Waals surface area (Å²) in [5.41, 5.74) is 4.62. The molecule has 0 fully saturated rings. The van der Waals surface area contributed by atoms with Crippen LogP contribution in [0.4, 0.5) is 0 Å². The van der Waals surface area contributed by atoms with Gasteiger partial charge in [-0.15, -0.1) is 0 Å². The molecule has 3 aromatic carbocycles. The van der Waals surface area contributed by atoms with Gasteiger partial charge in [-0.2, -0.15) is 0 Å². The maximum absolute atomic E-state index is 10.2. The van der Waals surface area contributed by atoms with Crippen LogP contribution in [0.3, 0.4) is 0 Å². The van der Waals surface area contributed by atoms with Crippen molar-refractivity contribution >= 4 is 11.1 Å². The maximum Gasteiger partial charge on any atom is 0.150 e. The molecule has 6 nitrogen and oxygen atoms in total. The van der Waals surface area contributed by atoms with Crippen molar-refractivity contribution in [3.63, 3.8) is 0 Å². The number of rotatable bonds is 10. The molecule has 0 amide bonds. The number of likely N-dealkylation sites (N-methyl/N-ethyl adjacent to an activating group) is 1. The Balaban J connectivity index is 1.56. The highest BCUT2D eigenvalue weighted by molar-refractivity contribution is 5.95. The number of benzene rings is 3. The number of aromatic hydroxyl groups is 2. The van der Waals surface area contributed by atoms with E-state index in [1.165, 1.54) is 0 Å². The van der Waals surface area contributed by atoms with Crippen LogP contribution in [0.2, 0.25) is 0 Å². The monoisotopic (exact) mass is 517 g/mol. The third-order valence-electron chi connectivity index (χ3n) is 7.43. The van der Waals surface area contributed by atoms with Crippen molar-refractivity contribution in [3.05, 3.63) is 83.4 Å². The lowest BCUT2D eigenvalue weighted by atomic mass is 9.86. The van der Waals surface area contributed by atoms with E-state index in [0.29, 0.717) is 30.9 Å². The Kier molecular flexibility index (Phi) is 8.65. The van der Waals surface area contributed by atoms with Gasteiger partial charge in [-0.3, -0.25) is 4.90 Å². The number of allylic oxidation sites excluding steroid dienone is 1. The second kappa shape index (κ2) is 11.9. The molecule has 1 aliphatic heterocycles. The zero-order chi connectivity index (χ0) is 27.4. The van der Waals surface area contributed by atoms with E-state index in [2.05, 4.69) is 32.7 Å². The first-order valence-electron chi connectivity index (χ1n) is 13.1. The largest absolute Gasteiger partial charge is 0.508 e. The molecule has 0 bridgehead atoms. The molecule has 0 aromatic heterocycles. The Labute approximate surface area is 226 Å². The van der Waals surface area contributed by atoms with E-state index in [-0.39, 0.29) is 23.6 Å². The van der Waals surface area contributed by atoms with Gasteiger partial charge in [-0.05, 0) is 86.0 Å². The number of fused-ring (bicyclic) bond motifs is 1. The van der Waals surface area contributed by atoms with Crippen molar-refractivity contribution in [2.45, 2.75) is 45.9 Å². The van der Waals surface area contributed by atoms with Gasteiger partial charge < -0.3 is 24.4 Å². The Bertz CT molecular complexity index is 1270. The molecule has 0 saturated heterocycles. The summed E-state index contributed by atoms with van der Waals surface area (Å²) in [5, 5.41) is 20.3. The van der Waals surface area contributed by atoms with E-state index in [0.717, 1.165) is 33.6 Å². The molecule has 0 spiro atoms. The summed E-state index contributed by atoms with van der Waals surface area (Å²) in [6, 6.07) is 20.9. The first kappa shape index (κ1) is 27.6. The number of phenols is 2. The highest BCUT2D eigenvalue weighted by Gasteiger charge is 2.30. The average molecular weight is 518 g/mol. The molecular formula is C32H39NO5. The molecule has 1 aliphatic rings. The van der Waals surface area contributed by atoms with Crippen LogP contribution >= 0.6 is 0 Å². The fourth-order valence-corrected chi connectivity index (χ4v) is 5.07. The van der Waals surface area contributed by atoms with Crippen LogP contribution in [0, 0.1) is 5.92 Å². The Morgan fingerprint density at radius 2 is 1.63 bits per heavy atom. The summed E-state index contributed by atoms with van der Waals surface area (Å²) in [7, 11) is 3.86. The van der Waals surface area contributed by atoms with Crippen LogP contribution in [0.15, 0.2) is 66.7 Å². The van der Waals surface area contributed by atoms with Crippen molar-refractivity contribution < 1.29 is 24.4 Å². The highest BCUT2D eigenvalue weighted by atomic mass is 16.5. The molecule has 0 aliphatic carbocycles. The number of nitrogens with zero attached hydrogens (tertiary/aromatic N) is 1. The normalized spacial score (nSPS) is 16.8. The van der Waals surface area contributed by atoms with Crippen LogP contribution < -0.4 is 9.47 Å². The molecular weight excluding hydrogens is 478 g/mol. The molecule has 202 valence electrons. The van der Waals surface area contributed by atoms with Gasteiger partial charge in [-0.25, -0.2) is 0 Å². The van der Waals surface area contributed by atoms with Gasteiger partial charge >= 0.3 is 0 Å². The summed E-state index contributed by atoms with van der Waals surface area (Å²) in [4.78, 5) is 2.32. The summed E-state index contributed by atoms with van der Waals surface area (Å²) in [6.45, 7) is 9.86. The van der Waals surface area contributed by atoms with Gasteiger partial charge in [0.2, 0.25) is 0 Å². The van der Waals surface area contributed by atoms with E-state index < -0.39 is 0 Å². The van der Waals surface area contributed by atoms with Crippen LogP contribution in [0.25, 0.3) is 11.1 Å². The summed E-state index contributed by atoms with van der Waals surface area (Å²) in [6.07, 6.45) is -0.381. The first-order chi connectivity index (χ1) is 18.2.